The minimum Gasteiger partial charge on any atom is -0.324 e. The Balaban J connectivity index is 1.56. The molecule has 1 amide bonds. The predicted octanol–water partition coefficient (Wildman–Crippen LogP) is 3.21. The van der Waals surface area contributed by atoms with Crippen molar-refractivity contribution in [3.63, 3.8) is 0 Å². The maximum absolute atomic E-state index is 13.0. The smallest absolute Gasteiger partial charge is 0.243 e. The molecule has 0 bridgehead atoms. The van der Waals surface area contributed by atoms with Crippen LogP contribution in [0.2, 0.25) is 0 Å². The van der Waals surface area contributed by atoms with Gasteiger partial charge < -0.3 is 5.32 Å². The highest BCUT2D eigenvalue weighted by Gasteiger charge is 2.28. The van der Waals surface area contributed by atoms with Crippen LogP contribution in [0, 0.1) is 0 Å². The molecule has 1 N–H and O–H groups in total. The molecular weight excluding hydrogens is 368 g/mol. The Kier molecular flexibility index (Phi) is 4.60. The van der Waals surface area contributed by atoms with Crippen molar-refractivity contribution < 1.29 is 13.2 Å². The van der Waals surface area contributed by atoms with E-state index in [0.29, 0.717) is 31.0 Å². The van der Waals surface area contributed by atoms with Crippen LogP contribution in [0.1, 0.15) is 12.0 Å². The molecule has 2 aliphatic rings. The zero-order chi connectivity index (χ0) is 18.1. The van der Waals surface area contributed by atoms with Crippen LogP contribution in [-0.2, 0) is 14.8 Å². The van der Waals surface area contributed by atoms with Crippen molar-refractivity contribution in [2.45, 2.75) is 16.2 Å². The van der Waals surface area contributed by atoms with E-state index < -0.39 is 10.0 Å². The van der Waals surface area contributed by atoms with Gasteiger partial charge in [-0.1, -0.05) is 36.4 Å². The highest BCUT2D eigenvalue weighted by Crippen LogP contribution is 2.34. The second-order valence-electron chi connectivity index (χ2n) is 6.20. The fourth-order valence-electron chi connectivity index (χ4n) is 3.15. The topological polar surface area (TPSA) is 66.5 Å². The molecule has 0 aromatic heterocycles. The summed E-state index contributed by atoms with van der Waals surface area (Å²) < 4.78 is 27.5. The molecule has 2 aromatic rings. The molecule has 26 heavy (non-hydrogen) atoms. The Morgan fingerprint density at radius 2 is 1.88 bits per heavy atom. The molecule has 134 valence electrons. The van der Waals surface area contributed by atoms with Crippen molar-refractivity contribution in [2.24, 2.45) is 0 Å². The largest absolute Gasteiger partial charge is 0.324 e. The van der Waals surface area contributed by atoms with Gasteiger partial charge in [0.2, 0.25) is 15.9 Å². The van der Waals surface area contributed by atoms with Crippen LogP contribution in [0.15, 0.2) is 64.4 Å². The Bertz CT molecular complexity index is 985. The average molecular weight is 386 g/mol. The third-order valence-corrected chi connectivity index (χ3v) is 7.46. The summed E-state index contributed by atoms with van der Waals surface area (Å²) in [5.74, 6) is 0.247. The van der Waals surface area contributed by atoms with Crippen LogP contribution in [0.5, 0.6) is 0 Å². The summed E-state index contributed by atoms with van der Waals surface area (Å²) in [6.45, 7) is 0.831. The van der Waals surface area contributed by atoms with Gasteiger partial charge >= 0.3 is 0 Å². The highest BCUT2D eigenvalue weighted by atomic mass is 32.2. The summed E-state index contributed by atoms with van der Waals surface area (Å²) in [5, 5.41) is 2.76. The van der Waals surface area contributed by atoms with E-state index in [0.717, 1.165) is 10.5 Å². The molecule has 0 saturated heterocycles. The lowest BCUT2D eigenvalue weighted by atomic mass is 10.0. The van der Waals surface area contributed by atoms with E-state index in [9.17, 15) is 13.2 Å². The molecule has 0 fully saturated rings. The van der Waals surface area contributed by atoms with Gasteiger partial charge in [-0.15, -0.1) is 11.8 Å². The number of amides is 1. The SMILES string of the molecule is O=C1CSc2cc(S(=O)(=O)N3CC=C(c4ccccc4)CC3)ccc2N1. The predicted molar refractivity (Wildman–Crippen MR) is 104 cm³/mol. The molecule has 0 unspecified atom stereocenters. The lowest BCUT2D eigenvalue weighted by Crippen LogP contribution is -2.34. The van der Waals surface area contributed by atoms with Crippen LogP contribution in [0.4, 0.5) is 5.69 Å². The fourth-order valence-corrected chi connectivity index (χ4v) is 5.47. The van der Waals surface area contributed by atoms with Crippen LogP contribution >= 0.6 is 11.8 Å². The van der Waals surface area contributed by atoms with Crippen molar-refractivity contribution in [3.8, 4) is 0 Å². The van der Waals surface area contributed by atoms with Gasteiger partial charge in [0.25, 0.3) is 0 Å². The van der Waals surface area contributed by atoms with E-state index in [1.54, 1.807) is 18.2 Å². The second kappa shape index (κ2) is 6.90. The Labute approximate surface area is 157 Å². The molecule has 0 aliphatic carbocycles. The van der Waals surface area contributed by atoms with Gasteiger partial charge in [0.05, 0.1) is 16.3 Å². The van der Waals surface area contributed by atoms with E-state index in [1.165, 1.54) is 21.6 Å². The van der Waals surface area contributed by atoms with Gasteiger partial charge in [-0.25, -0.2) is 8.42 Å². The maximum Gasteiger partial charge on any atom is 0.243 e. The lowest BCUT2D eigenvalue weighted by molar-refractivity contribution is -0.113. The molecule has 5 nitrogen and oxygen atoms in total. The number of benzene rings is 2. The van der Waals surface area contributed by atoms with Gasteiger partial charge in [0.1, 0.15) is 0 Å². The van der Waals surface area contributed by atoms with E-state index >= 15 is 0 Å². The number of thioether (sulfide) groups is 1. The lowest BCUT2D eigenvalue weighted by Gasteiger charge is -2.26. The molecule has 0 saturated carbocycles. The number of fused-ring (bicyclic) bond motifs is 1. The van der Waals surface area contributed by atoms with Crippen molar-refractivity contribution in [2.75, 3.05) is 24.2 Å². The average Bonchev–Trinajstić information content (AvgIpc) is 2.68. The van der Waals surface area contributed by atoms with Crippen molar-refractivity contribution in [1.29, 1.82) is 0 Å². The molecular formula is C19H18N2O3S2. The summed E-state index contributed by atoms with van der Waals surface area (Å²) in [6.07, 6.45) is 2.68. The molecule has 0 spiro atoms. The standard InChI is InChI=1S/C19H18N2O3S2/c22-19-13-25-18-12-16(6-7-17(18)20-19)26(23,24)21-10-8-15(9-11-21)14-4-2-1-3-5-14/h1-8,12H,9-11,13H2,(H,20,22). The maximum atomic E-state index is 13.0. The molecule has 2 aromatic carbocycles. The molecule has 2 heterocycles. The molecule has 0 radical (unpaired) electrons. The van der Waals surface area contributed by atoms with Crippen LogP contribution < -0.4 is 5.32 Å². The van der Waals surface area contributed by atoms with Gasteiger partial charge in [-0.05, 0) is 35.8 Å². The summed E-state index contributed by atoms with van der Waals surface area (Å²) in [7, 11) is -3.55. The zero-order valence-corrected chi connectivity index (χ0v) is 15.6. The van der Waals surface area contributed by atoms with E-state index in [4.69, 9.17) is 0 Å². The van der Waals surface area contributed by atoms with Crippen molar-refractivity contribution >= 4 is 39.0 Å². The van der Waals surface area contributed by atoms with Gasteiger partial charge in [0, 0.05) is 18.0 Å². The first kappa shape index (κ1) is 17.3. The van der Waals surface area contributed by atoms with Crippen LogP contribution in [0.3, 0.4) is 0 Å². The minimum atomic E-state index is -3.55. The summed E-state index contributed by atoms with van der Waals surface area (Å²) >= 11 is 1.36. The van der Waals surface area contributed by atoms with E-state index in [1.807, 2.05) is 36.4 Å². The molecule has 7 heteroatoms. The third-order valence-electron chi connectivity index (χ3n) is 4.54. The number of hydrogen-bond donors (Lipinski definition) is 1. The zero-order valence-electron chi connectivity index (χ0n) is 14.0. The van der Waals surface area contributed by atoms with Crippen LogP contribution in [-0.4, -0.2) is 37.5 Å². The normalized spacial score (nSPS) is 18.0. The Morgan fingerprint density at radius 3 is 2.62 bits per heavy atom. The van der Waals surface area contributed by atoms with Gasteiger partial charge in [0.15, 0.2) is 0 Å². The first-order chi connectivity index (χ1) is 12.5. The molecule has 2 aliphatic heterocycles. The number of sulfonamides is 1. The number of nitrogens with one attached hydrogen (secondary N) is 1. The number of carbonyl (C=O) groups is 1. The summed E-state index contributed by atoms with van der Waals surface area (Å²) in [5.41, 5.74) is 3.00. The van der Waals surface area contributed by atoms with E-state index in [-0.39, 0.29) is 10.8 Å². The minimum absolute atomic E-state index is 0.0623. The summed E-state index contributed by atoms with van der Waals surface area (Å²) in [6, 6.07) is 14.9. The highest BCUT2D eigenvalue weighted by molar-refractivity contribution is 8.00. The first-order valence-electron chi connectivity index (χ1n) is 8.35. The Hall–Kier alpha value is -2.09. The molecule has 4 rings (SSSR count). The Morgan fingerprint density at radius 1 is 1.08 bits per heavy atom. The number of rotatable bonds is 3. The first-order valence-corrected chi connectivity index (χ1v) is 10.8. The fraction of sp³-hybridized carbons (Fsp3) is 0.211. The molecule has 0 atom stereocenters. The van der Waals surface area contributed by atoms with Gasteiger partial charge in [-0.2, -0.15) is 4.31 Å². The van der Waals surface area contributed by atoms with Crippen molar-refractivity contribution in [1.82, 2.24) is 4.31 Å². The number of nitrogens with zero attached hydrogens (tertiary/aromatic N) is 1. The van der Waals surface area contributed by atoms with Gasteiger partial charge in [-0.3, -0.25) is 4.79 Å². The summed E-state index contributed by atoms with van der Waals surface area (Å²) in [4.78, 5) is 12.5. The monoisotopic (exact) mass is 386 g/mol. The number of anilines is 1. The number of hydrogen-bond acceptors (Lipinski definition) is 4. The van der Waals surface area contributed by atoms with E-state index in [2.05, 4.69) is 5.32 Å². The quantitative estimate of drug-likeness (QED) is 0.880. The number of carbonyl (C=O) groups excluding carboxylic acids is 1. The second-order valence-corrected chi connectivity index (χ2v) is 9.16. The third kappa shape index (κ3) is 3.30. The van der Waals surface area contributed by atoms with Crippen LogP contribution in [0.25, 0.3) is 5.57 Å². The van der Waals surface area contributed by atoms with Crippen molar-refractivity contribution in [3.05, 3.63) is 60.2 Å².